The summed E-state index contributed by atoms with van der Waals surface area (Å²) in [6.07, 6.45) is 9.89. The number of aromatic nitrogens is 1. The summed E-state index contributed by atoms with van der Waals surface area (Å²) in [6, 6.07) is 5.41. The first-order valence-electron chi connectivity index (χ1n) is 10.4. The largest absolute Gasteiger partial charge is 0.378 e. The summed E-state index contributed by atoms with van der Waals surface area (Å²) in [5.41, 5.74) is 1.10. The van der Waals surface area contributed by atoms with E-state index in [1.54, 1.807) is 13.1 Å². The van der Waals surface area contributed by atoms with Crippen molar-refractivity contribution >= 4 is 29.9 Å². The molecule has 7 heteroatoms. The number of unbranched alkanes of at least 4 members (excludes halogenated alkanes) is 1. The minimum absolute atomic E-state index is 0. The maximum Gasteiger partial charge on any atom is 0.250 e. The van der Waals surface area contributed by atoms with Crippen LogP contribution in [0.2, 0.25) is 0 Å². The monoisotopic (exact) mass is 504 g/mol. The number of rotatable bonds is 10. The molecule has 0 spiro atoms. The highest BCUT2D eigenvalue weighted by Gasteiger charge is 2.12. The lowest BCUT2D eigenvalue weighted by Gasteiger charge is -2.22. The van der Waals surface area contributed by atoms with Crippen LogP contribution in [0.1, 0.15) is 57.1 Å². The zero-order valence-electron chi connectivity index (χ0n) is 17.4. The molecule has 0 atom stereocenters. The zero-order valence-corrected chi connectivity index (χ0v) is 19.7. The van der Waals surface area contributed by atoms with Crippen LogP contribution in [0, 0.1) is 6.92 Å². The number of hydrogen-bond donors (Lipinski definition) is 2. The molecule has 1 aromatic heterocycles. The van der Waals surface area contributed by atoms with E-state index in [-0.39, 0.29) is 29.5 Å². The Kier molecular flexibility index (Phi) is 13.2. The molecule has 2 N–H and O–H groups in total. The third kappa shape index (κ3) is 9.41. The van der Waals surface area contributed by atoms with Crippen molar-refractivity contribution in [2.45, 2.75) is 70.9 Å². The van der Waals surface area contributed by atoms with Gasteiger partial charge in [0.25, 0.3) is 5.56 Å². The Morgan fingerprint density at radius 1 is 1.14 bits per heavy atom. The van der Waals surface area contributed by atoms with Crippen LogP contribution in [0.4, 0.5) is 0 Å². The van der Waals surface area contributed by atoms with Crippen molar-refractivity contribution in [3.05, 3.63) is 34.2 Å². The second-order valence-electron chi connectivity index (χ2n) is 7.27. The van der Waals surface area contributed by atoms with Crippen molar-refractivity contribution in [1.82, 2.24) is 15.2 Å². The van der Waals surface area contributed by atoms with Gasteiger partial charge in [0.2, 0.25) is 0 Å². The van der Waals surface area contributed by atoms with Crippen molar-refractivity contribution in [1.29, 1.82) is 0 Å². The Morgan fingerprint density at radius 3 is 2.54 bits per heavy atom. The van der Waals surface area contributed by atoms with Crippen LogP contribution >= 0.6 is 24.0 Å². The predicted octanol–water partition coefficient (Wildman–Crippen LogP) is 3.46. The van der Waals surface area contributed by atoms with E-state index >= 15 is 0 Å². The average molecular weight is 504 g/mol. The Morgan fingerprint density at radius 2 is 1.86 bits per heavy atom. The van der Waals surface area contributed by atoms with Crippen LogP contribution in [0.5, 0.6) is 0 Å². The topological polar surface area (TPSA) is 67.7 Å². The Hall–Kier alpha value is -1.09. The summed E-state index contributed by atoms with van der Waals surface area (Å²) in [7, 11) is 1.79. The number of halogens is 1. The molecule has 28 heavy (non-hydrogen) atoms. The number of pyridine rings is 1. The van der Waals surface area contributed by atoms with Gasteiger partial charge in [0.05, 0.1) is 6.10 Å². The Bertz CT molecular complexity index is 627. The molecule has 160 valence electrons. The Balaban J connectivity index is 0.00000392. The van der Waals surface area contributed by atoms with E-state index in [1.807, 2.05) is 23.6 Å². The van der Waals surface area contributed by atoms with Gasteiger partial charge in [-0.2, -0.15) is 0 Å². The van der Waals surface area contributed by atoms with Gasteiger partial charge in [0, 0.05) is 45.0 Å². The molecule has 0 unspecified atom stereocenters. The summed E-state index contributed by atoms with van der Waals surface area (Å²) >= 11 is 0. The number of ether oxygens (including phenoxy) is 1. The first-order valence-corrected chi connectivity index (χ1v) is 10.4. The number of nitrogens with zero attached hydrogens (tertiary/aromatic N) is 2. The SMILES string of the molecule is CN=C(NCCCCn1c(C)cccc1=O)NCCCOC1CCCCC1.I. The van der Waals surface area contributed by atoms with E-state index in [2.05, 4.69) is 15.6 Å². The highest BCUT2D eigenvalue weighted by atomic mass is 127. The Labute approximate surface area is 186 Å². The highest BCUT2D eigenvalue weighted by molar-refractivity contribution is 14.0. The summed E-state index contributed by atoms with van der Waals surface area (Å²) < 4.78 is 7.78. The van der Waals surface area contributed by atoms with Gasteiger partial charge in [-0.15, -0.1) is 24.0 Å². The van der Waals surface area contributed by atoms with Gasteiger partial charge < -0.3 is 19.9 Å². The lowest BCUT2D eigenvalue weighted by molar-refractivity contribution is 0.0277. The van der Waals surface area contributed by atoms with E-state index in [1.165, 1.54) is 32.1 Å². The summed E-state index contributed by atoms with van der Waals surface area (Å²) in [5, 5.41) is 6.67. The van der Waals surface area contributed by atoms with Crippen molar-refractivity contribution in [2.75, 3.05) is 26.7 Å². The summed E-state index contributed by atoms with van der Waals surface area (Å²) in [6.45, 7) is 5.27. The fourth-order valence-corrected chi connectivity index (χ4v) is 3.49. The fourth-order valence-electron chi connectivity index (χ4n) is 3.49. The van der Waals surface area contributed by atoms with Crippen molar-refractivity contribution in [2.24, 2.45) is 4.99 Å². The number of aryl methyl sites for hydroxylation is 1. The molecule has 1 fully saturated rings. The van der Waals surface area contributed by atoms with E-state index in [9.17, 15) is 4.79 Å². The van der Waals surface area contributed by atoms with Crippen LogP contribution in [-0.4, -0.2) is 43.4 Å². The number of aliphatic imine (C=N–C) groups is 1. The summed E-state index contributed by atoms with van der Waals surface area (Å²) in [5.74, 6) is 0.834. The van der Waals surface area contributed by atoms with E-state index in [4.69, 9.17) is 4.74 Å². The van der Waals surface area contributed by atoms with Crippen molar-refractivity contribution < 1.29 is 4.74 Å². The van der Waals surface area contributed by atoms with Crippen molar-refractivity contribution in [3.63, 3.8) is 0 Å². The zero-order chi connectivity index (χ0) is 19.3. The molecule has 0 aromatic carbocycles. The molecule has 1 saturated carbocycles. The number of nitrogens with one attached hydrogen (secondary N) is 2. The lowest BCUT2D eigenvalue weighted by atomic mass is 9.98. The standard InChI is InChI=1S/C21H36N4O2.HI/c1-18-10-8-13-20(26)25(18)16-7-6-14-23-21(22-2)24-15-9-17-27-19-11-4-3-5-12-19;/h8,10,13,19H,3-7,9,11-12,14-17H2,1-2H3,(H2,22,23,24);1H. The molecule has 0 amide bonds. The second-order valence-corrected chi connectivity index (χ2v) is 7.27. The van der Waals surface area contributed by atoms with Gasteiger partial charge >= 0.3 is 0 Å². The molecule has 6 nitrogen and oxygen atoms in total. The van der Waals surface area contributed by atoms with E-state index < -0.39 is 0 Å². The van der Waals surface area contributed by atoms with Gasteiger partial charge in [-0.3, -0.25) is 9.79 Å². The first-order chi connectivity index (χ1) is 13.2. The normalized spacial score (nSPS) is 15.1. The van der Waals surface area contributed by atoms with Crippen LogP contribution in [0.3, 0.4) is 0 Å². The van der Waals surface area contributed by atoms with Gasteiger partial charge in [0.1, 0.15) is 0 Å². The molecule has 0 aliphatic heterocycles. The van der Waals surface area contributed by atoms with Gasteiger partial charge in [-0.05, 0) is 45.1 Å². The van der Waals surface area contributed by atoms with E-state index in [0.717, 1.165) is 57.2 Å². The van der Waals surface area contributed by atoms with Crippen LogP contribution in [0.25, 0.3) is 0 Å². The van der Waals surface area contributed by atoms with Crippen LogP contribution in [0.15, 0.2) is 28.0 Å². The van der Waals surface area contributed by atoms with Gasteiger partial charge in [0.15, 0.2) is 5.96 Å². The minimum Gasteiger partial charge on any atom is -0.378 e. The molecule has 1 aliphatic rings. The predicted molar refractivity (Wildman–Crippen MR) is 127 cm³/mol. The molecule has 1 heterocycles. The molecule has 0 saturated heterocycles. The third-order valence-electron chi connectivity index (χ3n) is 5.11. The molecule has 1 aromatic rings. The molecule has 0 bridgehead atoms. The number of hydrogen-bond acceptors (Lipinski definition) is 3. The maximum atomic E-state index is 11.8. The second kappa shape index (κ2) is 14.8. The van der Waals surface area contributed by atoms with Gasteiger partial charge in [-0.1, -0.05) is 25.3 Å². The maximum absolute atomic E-state index is 11.8. The number of guanidine groups is 1. The molecule has 2 rings (SSSR count). The lowest BCUT2D eigenvalue weighted by Crippen LogP contribution is -2.38. The summed E-state index contributed by atoms with van der Waals surface area (Å²) in [4.78, 5) is 16.1. The smallest absolute Gasteiger partial charge is 0.250 e. The molecule has 1 aliphatic carbocycles. The first kappa shape index (κ1) is 24.9. The molecular weight excluding hydrogens is 467 g/mol. The van der Waals surface area contributed by atoms with E-state index in [0.29, 0.717) is 6.10 Å². The third-order valence-corrected chi connectivity index (χ3v) is 5.11. The van der Waals surface area contributed by atoms with Crippen molar-refractivity contribution in [3.8, 4) is 0 Å². The molecular formula is C21H37IN4O2. The van der Waals surface area contributed by atoms with Gasteiger partial charge in [-0.25, -0.2) is 0 Å². The highest BCUT2D eigenvalue weighted by Crippen LogP contribution is 2.20. The average Bonchev–Trinajstić information content (AvgIpc) is 2.68. The quantitative estimate of drug-likeness (QED) is 0.222. The van der Waals surface area contributed by atoms with Crippen LogP contribution in [-0.2, 0) is 11.3 Å². The molecule has 0 radical (unpaired) electrons. The van der Waals surface area contributed by atoms with Crippen LogP contribution < -0.4 is 16.2 Å². The minimum atomic E-state index is 0. The fraction of sp³-hybridized carbons (Fsp3) is 0.714.